The number of non-ortho nitro benzene ring substituents is 1. The van der Waals surface area contributed by atoms with Crippen LogP contribution in [0, 0.1) is 10.1 Å². The first-order valence-electron chi connectivity index (χ1n) is 6.43. The van der Waals surface area contributed by atoms with E-state index in [9.17, 15) is 25.1 Å². The Labute approximate surface area is 122 Å². The highest BCUT2D eigenvalue weighted by molar-refractivity contribution is 5.92. The van der Waals surface area contributed by atoms with Crippen molar-refractivity contribution in [1.29, 1.82) is 0 Å². The molecule has 0 atom stereocenters. The second kappa shape index (κ2) is 7.51. The zero-order chi connectivity index (χ0) is 15.9. The maximum Gasteiger partial charge on any atom is 0.269 e. The van der Waals surface area contributed by atoms with E-state index in [-0.39, 0.29) is 18.9 Å². The summed E-state index contributed by atoms with van der Waals surface area (Å²) < 4.78 is 0. The van der Waals surface area contributed by atoms with Crippen LogP contribution in [0.5, 0.6) is 0 Å². The molecule has 1 amide bonds. The summed E-state index contributed by atoms with van der Waals surface area (Å²) in [6.45, 7) is 1.01. The molecule has 3 N–H and O–H groups in total. The molecule has 0 aromatic heterocycles. The number of amides is 1. The molecular formula is C14H18N2O5. The summed E-state index contributed by atoms with van der Waals surface area (Å²) in [6, 6.07) is 5.73. The van der Waals surface area contributed by atoms with Crippen molar-refractivity contribution in [2.24, 2.45) is 0 Å². The molecule has 0 heterocycles. The van der Waals surface area contributed by atoms with Crippen molar-refractivity contribution in [2.45, 2.75) is 18.9 Å². The third-order valence-electron chi connectivity index (χ3n) is 3.20. The standard InChI is InChI=1S/C14H18N2O5/c1-2-14(9-17,10-18)15-13(19)8-5-11-3-6-12(7-4-11)16(20)21/h3-8,17-18H,2,9-10H2,1H3,(H,15,19)/b8-5+. The number of carbonyl (C=O) groups excluding carboxylic acids is 1. The molecule has 0 fully saturated rings. The average Bonchev–Trinajstić information content (AvgIpc) is 2.51. The molecule has 0 aliphatic heterocycles. The van der Waals surface area contributed by atoms with Gasteiger partial charge in [0.05, 0.1) is 23.7 Å². The largest absolute Gasteiger partial charge is 0.394 e. The summed E-state index contributed by atoms with van der Waals surface area (Å²) in [5, 5.41) is 31.5. The Morgan fingerprint density at radius 1 is 1.33 bits per heavy atom. The fourth-order valence-electron chi connectivity index (χ4n) is 1.62. The summed E-state index contributed by atoms with van der Waals surface area (Å²) in [5.41, 5.74) is -0.440. The van der Waals surface area contributed by atoms with Crippen molar-refractivity contribution < 1.29 is 19.9 Å². The number of nitro groups is 1. The van der Waals surface area contributed by atoms with Crippen molar-refractivity contribution in [3.05, 3.63) is 46.0 Å². The maximum absolute atomic E-state index is 11.8. The molecule has 7 nitrogen and oxygen atoms in total. The van der Waals surface area contributed by atoms with Gasteiger partial charge in [-0.25, -0.2) is 0 Å². The fraction of sp³-hybridized carbons (Fsp3) is 0.357. The van der Waals surface area contributed by atoms with Crippen LogP contribution < -0.4 is 5.32 Å². The number of nitro benzene ring substituents is 1. The minimum absolute atomic E-state index is 0.0258. The molecule has 0 aliphatic rings. The highest BCUT2D eigenvalue weighted by Gasteiger charge is 2.27. The molecule has 0 aliphatic carbocycles. The van der Waals surface area contributed by atoms with Crippen molar-refractivity contribution in [3.8, 4) is 0 Å². The first kappa shape index (κ1) is 16.8. The van der Waals surface area contributed by atoms with Gasteiger partial charge in [0.15, 0.2) is 0 Å². The van der Waals surface area contributed by atoms with Gasteiger partial charge in [-0.1, -0.05) is 6.92 Å². The van der Waals surface area contributed by atoms with Crippen LogP contribution in [0.2, 0.25) is 0 Å². The monoisotopic (exact) mass is 294 g/mol. The lowest BCUT2D eigenvalue weighted by Gasteiger charge is -2.28. The molecule has 0 bridgehead atoms. The fourth-order valence-corrected chi connectivity index (χ4v) is 1.62. The van der Waals surface area contributed by atoms with Gasteiger partial charge in [0, 0.05) is 18.2 Å². The summed E-state index contributed by atoms with van der Waals surface area (Å²) in [5.74, 6) is -0.460. The molecule has 7 heteroatoms. The van der Waals surface area contributed by atoms with Crippen LogP contribution in [-0.2, 0) is 4.79 Å². The minimum atomic E-state index is -1.04. The van der Waals surface area contributed by atoms with Crippen molar-refractivity contribution in [2.75, 3.05) is 13.2 Å². The summed E-state index contributed by atoms with van der Waals surface area (Å²) >= 11 is 0. The SMILES string of the molecule is CCC(CO)(CO)NC(=O)/C=C/c1ccc([N+](=O)[O-])cc1. The number of nitrogens with zero attached hydrogens (tertiary/aromatic N) is 1. The molecule has 0 radical (unpaired) electrons. The van der Waals surface area contributed by atoms with Gasteiger partial charge in [-0.15, -0.1) is 0 Å². The van der Waals surface area contributed by atoms with Gasteiger partial charge >= 0.3 is 0 Å². The molecule has 0 saturated heterocycles. The first-order valence-corrected chi connectivity index (χ1v) is 6.43. The summed E-state index contributed by atoms with van der Waals surface area (Å²) in [4.78, 5) is 21.8. The Balaban J connectivity index is 2.71. The van der Waals surface area contributed by atoms with Gasteiger partial charge in [-0.05, 0) is 30.2 Å². The lowest BCUT2D eigenvalue weighted by atomic mass is 9.98. The lowest BCUT2D eigenvalue weighted by molar-refractivity contribution is -0.384. The van der Waals surface area contributed by atoms with E-state index in [1.54, 1.807) is 6.92 Å². The summed E-state index contributed by atoms with van der Waals surface area (Å²) in [7, 11) is 0. The highest BCUT2D eigenvalue weighted by Crippen LogP contribution is 2.13. The molecule has 1 aromatic rings. The van der Waals surface area contributed by atoms with Gasteiger partial charge in [0.2, 0.25) is 5.91 Å². The predicted octanol–water partition coefficient (Wildman–Crippen LogP) is 0.858. The smallest absolute Gasteiger partial charge is 0.269 e. The van der Waals surface area contributed by atoms with Crippen molar-refractivity contribution in [3.63, 3.8) is 0 Å². The number of carbonyl (C=O) groups is 1. The minimum Gasteiger partial charge on any atom is -0.394 e. The third-order valence-corrected chi connectivity index (χ3v) is 3.20. The van der Waals surface area contributed by atoms with Crippen LogP contribution in [-0.4, -0.2) is 39.8 Å². The predicted molar refractivity (Wildman–Crippen MR) is 77.5 cm³/mol. The van der Waals surface area contributed by atoms with E-state index < -0.39 is 16.4 Å². The maximum atomic E-state index is 11.8. The summed E-state index contributed by atoms with van der Waals surface area (Å²) in [6.07, 6.45) is 3.13. The Kier molecular flexibility index (Phi) is 6.01. The molecule has 114 valence electrons. The molecule has 21 heavy (non-hydrogen) atoms. The van der Waals surface area contributed by atoms with Gasteiger partial charge in [0.25, 0.3) is 5.69 Å². The number of hydrogen-bond acceptors (Lipinski definition) is 5. The van der Waals surface area contributed by atoms with E-state index in [4.69, 9.17) is 0 Å². The topological polar surface area (TPSA) is 113 Å². The third kappa shape index (κ3) is 4.66. The Bertz CT molecular complexity index is 512. The lowest BCUT2D eigenvalue weighted by Crippen LogP contribution is -2.53. The zero-order valence-corrected chi connectivity index (χ0v) is 11.7. The molecular weight excluding hydrogens is 276 g/mol. The molecule has 0 spiro atoms. The van der Waals surface area contributed by atoms with Gasteiger partial charge in [0.1, 0.15) is 0 Å². The normalized spacial score (nSPS) is 11.6. The van der Waals surface area contributed by atoms with E-state index in [1.165, 1.54) is 36.4 Å². The first-order chi connectivity index (χ1) is 9.96. The number of benzene rings is 1. The van der Waals surface area contributed by atoms with Gasteiger partial charge in [-0.3, -0.25) is 14.9 Å². The van der Waals surface area contributed by atoms with Gasteiger partial charge in [-0.2, -0.15) is 0 Å². The quantitative estimate of drug-likeness (QED) is 0.392. The second-order valence-corrected chi connectivity index (χ2v) is 4.62. The van der Waals surface area contributed by atoms with Gasteiger partial charge < -0.3 is 15.5 Å². The average molecular weight is 294 g/mol. The number of aliphatic hydroxyl groups is 2. The Morgan fingerprint density at radius 2 is 1.90 bits per heavy atom. The van der Waals surface area contributed by atoms with Crippen molar-refractivity contribution in [1.82, 2.24) is 5.32 Å². The van der Waals surface area contributed by atoms with E-state index in [0.717, 1.165) is 0 Å². The van der Waals surface area contributed by atoms with E-state index in [2.05, 4.69) is 5.32 Å². The molecule has 0 unspecified atom stereocenters. The van der Waals surface area contributed by atoms with Crippen LogP contribution in [0.1, 0.15) is 18.9 Å². The van der Waals surface area contributed by atoms with Crippen LogP contribution in [0.4, 0.5) is 5.69 Å². The Hall–Kier alpha value is -2.25. The highest BCUT2D eigenvalue weighted by atomic mass is 16.6. The number of nitrogens with one attached hydrogen (secondary N) is 1. The molecule has 1 rings (SSSR count). The number of rotatable bonds is 7. The van der Waals surface area contributed by atoms with Crippen LogP contribution in [0.3, 0.4) is 0 Å². The number of hydrogen-bond donors (Lipinski definition) is 3. The van der Waals surface area contributed by atoms with Crippen LogP contribution in [0.15, 0.2) is 30.3 Å². The molecule has 0 saturated carbocycles. The second-order valence-electron chi connectivity index (χ2n) is 4.62. The van der Waals surface area contributed by atoms with Crippen molar-refractivity contribution >= 4 is 17.7 Å². The Morgan fingerprint density at radius 3 is 2.33 bits per heavy atom. The zero-order valence-electron chi connectivity index (χ0n) is 11.7. The van der Waals surface area contributed by atoms with E-state index in [0.29, 0.717) is 12.0 Å². The van der Waals surface area contributed by atoms with Crippen LogP contribution >= 0.6 is 0 Å². The van der Waals surface area contributed by atoms with E-state index in [1.807, 2.05) is 0 Å². The number of aliphatic hydroxyl groups excluding tert-OH is 2. The molecule has 1 aromatic carbocycles. The van der Waals surface area contributed by atoms with E-state index >= 15 is 0 Å². The van der Waals surface area contributed by atoms with Crippen LogP contribution in [0.25, 0.3) is 6.08 Å².